The van der Waals surface area contributed by atoms with Gasteiger partial charge in [0.05, 0.1) is 0 Å². The van der Waals surface area contributed by atoms with E-state index in [2.05, 4.69) is 4.74 Å². The molecule has 0 spiro atoms. The average Bonchev–Trinajstić information content (AvgIpc) is 1.41. The fraction of sp³-hybridized carbons (Fsp3) is 0.667. The Morgan fingerprint density at radius 3 is 2.33 bits per heavy atom. The predicted octanol–water partition coefficient (Wildman–Crippen LogP) is -0.993. The van der Waals surface area contributed by atoms with Gasteiger partial charge >= 0.3 is 0 Å². The maximum Gasteiger partial charge on any atom is 0.145 e. The molecule has 0 aromatic heterocycles. The lowest BCUT2D eigenvalue weighted by molar-refractivity contribution is -0.110. The maximum atomic E-state index is 9.28. The quantitative estimate of drug-likeness (QED) is 0.410. The van der Waals surface area contributed by atoms with Crippen molar-refractivity contribution in [1.29, 1.82) is 0 Å². The van der Waals surface area contributed by atoms with Crippen LogP contribution in [0.4, 0.5) is 0 Å². The SMILES string of the molecule is COCC=O.O. The zero-order valence-corrected chi connectivity index (χ0v) is 3.60. The van der Waals surface area contributed by atoms with Crippen molar-refractivity contribution in [3.05, 3.63) is 0 Å². The van der Waals surface area contributed by atoms with E-state index in [4.69, 9.17) is 0 Å². The van der Waals surface area contributed by atoms with Crippen LogP contribution in [-0.4, -0.2) is 25.5 Å². The van der Waals surface area contributed by atoms with E-state index < -0.39 is 0 Å². The van der Waals surface area contributed by atoms with Crippen molar-refractivity contribution in [1.82, 2.24) is 0 Å². The lowest BCUT2D eigenvalue weighted by Crippen LogP contribution is -1.84. The second-order valence-electron chi connectivity index (χ2n) is 0.622. The molecule has 2 N–H and O–H groups in total. The highest BCUT2D eigenvalue weighted by Gasteiger charge is 1.64. The lowest BCUT2D eigenvalue weighted by Gasteiger charge is -1.76. The van der Waals surface area contributed by atoms with Gasteiger partial charge in [-0.2, -0.15) is 0 Å². The molecular formula is C3H8O3. The first kappa shape index (κ1) is 9.14. The van der Waals surface area contributed by atoms with Crippen molar-refractivity contribution < 1.29 is 15.0 Å². The molecule has 3 heteroatoms. The number of aldehydes is 1. The third kappa shape index (κ3) is 9.53. The molecule has 0 atom stereocenters. The van der Waals surface area contributed by atoms with Gasteiger partial charge in [0.2, 0.25) is 0 Å². The van der Waals surface area contributed by atoms with Gasteiger partial charge in [0, 0.05) is 7.11 Å². The first-order valence-electron chi connectivity index (χ1n) is 1.34. The molecule has 0 rings (SSSR count). The summed E-state index contributed by atoms with van der Waals surface area (Å²) in [5, 5.41) is 0. The van der Waals surface area contributed by atoms with Crippen molar-refractivity contribution >= 4 is 6.29 Å². The normalized spacial score (nSPS) is 6.17. The molecule has 0 aromatic carbocycles. The van der Waals surface area contributed by atoms with Crippen molar-refractivity contribution in [2.24, 2.45) is 0 Å². The van der Waals surface area contributed by atoms with Crippen LogP contribution in [0.15, 0.2) is 0 Å². The molecule has 0 aromatic rings. The molecule has 6 heavy (non-hydrogen) atoms. The standard InChI is InChI=1S/C3H6O2.H2O/c1-5-3-2-4;/h2H,3H2,1H3;1H2. The fourth-order valence-electron chi connectivity index (χ4n) is 0.0680. The van der Waals surface area contributed by atoms with Crippen LogP contribution in [0, 0.1) is 0 Å². The van der Waals surface area contributed by atoms with Crippen LogP contribution < -0.4 is 0 Å². The number of ether oxygens (including phenoxy) is 1. The van der Waals surface area contributed by atoms with Gasteiger partial charge in [0.1, 0.15) is 12.9 Å². The van der Waals surface area contributed by atoms with Gasteiger partial charge in [0.15, 0.2) is 0 Å². The van der Waals surface area contributed by atoms with Crippen molar-refractivity contribution in [3.8, 4) is 0 Å². The molecule has 0 aliphatic carbocycles. The van der Waals surface area contributed by atoms with E-state index >= 15 is 0 Å². The fourth-order valence-corrected chi connectivity index (χ4v) is 0.0680. The first-order chi connectivity index (χ1) is 2.41. The minimum Gasteiger partial charge on any atom is -0.412 e. The van der Waals surface area contributed by atoms with Crippen LogP contribution in [0.5, 0.6) is 0 Å². The Morgan fingerprint density at radius 2 is 2.33 bits per heavy atom. The van der Waals surface area contributed by atoms with Gasteiger partial charge in [-0.15, -0.1) is 0 Å². The Bertz CT molecular complexity index is 27.2. The summed E-state index contributed by atoms with van der Waals surface area (Å²) in [5.41, 5.74) is 0. The molecule has 0 fully saturated rings. The third-order valence-corrected chi connectivity index (χ3v) is 0.235. The second-order valence-corrected chi connectivity index (χ2v) is 0.622. The topological polar surface area (TPSA) is 57.8 Å². The highest BCUT2D eigenvalue weighted by molar-refractivity contribution is 5.50. The Kier molecular flexibility index (Phi) is 13.4. The third-order valence-electron chi connectivity index (χ3n) is 0.235. The molecule has 0 amide bonds. The molecule has 0 aliphatic heterocycles. The highest BCUT2D eigenvalue weighted by atomic mass is 16.5. The Labute approximate surface area is 36.2 Å². The van der Waals surface area contributed by atoms with E-state index in [0.29, 0.717) is 6.29 Å². The van der Waals surface area contributed by atoms with E-state index in [-0.39, 0.29) is 12.1 Å². The molecule has 38 valence electrons. The van der Waals surface area contributed by atoms with E-state index in [1.54, 1.807) is 0 Å². The number of methoxy groups -OCH3 is 1. The lowest BCUT2D eigenvalue weighted by atomic mass is 10.8. The van der Waals surface area contributed by atoms with Crippen LogP contribution >= 0.6 is 0 Å². The summed E-state index contributed by atoms with van der Waals surface area (Å²) >= 11 is 0. The summed E-state index contributed by atoms with van der Waals surface area (Å²) in [6.07, 6.45) is 0.708. The van der Waals surface area contributed by atoms with E-state index in [9.17, 15) is 4.79 Å². The molecule has 0 heterocycles. The van der Waals surface area contributed by atoms with Crippen LogP contribution in [0.3, 0.4) is 0 Å². The van der Waals surface area contributed by atoms with Gasteiger partial charge in [-0.3, -0.25) is 0 Å². The van der Waals surface area contributed by atoms with Crippen LogP contribution in [0.1, 0.15) is 0 Å². The van der Waals surface area contributed by atoms with Crippen molar-refractivity contribution in [2.45, 2.75) is 0 Å². The van der Waals surface area contributed by atoms with Crippen LogP contribution in [0.25, 0.3) is 0 Å². The molecule has 0 saturated heterocycles. The summed E-state index contributed by atoms with van der Waals surface area (Å²) in [6, 6.07) is 0. The monoisotopic (exact) mass is 92.0 g/mol. The maximum absolute atomic E-state index is 9.28. The molecule has 0 unspecified atom stereocenters. The predicted molar refractivity (Wildman–Crippen MR) is 21.6 cm³/mol. The Hall–Kier alpha value is -0.410. The summed E-state index contributed by atoms with van der Waals surface area (Å²) in [7, 11) is 1.48. The highest BCUT2D eigenvalue weighted by Crippen LogP contribution is 1.50. The zero-order chi connectivity index (χ0) is 4.12. The van der Waals surface area contributed by atoms with Crippen molar-refractivity contribution in [3.63, 3.8) is 0 Å². The zero-order valence-electron chi connectivity index (χ0n) is 3.60. The smallest absolute Gasteiger partial charge is 0.145 e. The minimum atomic E-state index is 0. The number of carbonyl (C=O) groups excluding carboxylic acids is 1. The number of hydrogen-bond acceptors (Lipinski definition) is 2. The molecule has 0 saturated carbocycles. The van der Waals surface area contributed by atoms with Gasteiger partial charge < -0.3 is 15.0 Å². The average molecular weight is 92.1 g/mol. The second kappa shape index (κ2) is 8.82. The largest absolute Gasteiger partial charge is 0.412 e. The number of hydrogen-bond donors (Lipinski definition) is 0. The van der Waals surface area contributed by atoms with Gasteiger partial charge in [-0.05, 0) is 0 Å². The molecule has 3 nitrogen and oxygen atoms in total. The molecule has 0 aliphatic rings. The summed E-state index contributed by atoms with van der Waals surface area (Å²) < 4.78 is 4.32. The van der Waals surface area contributed by atoms with E-state index in [1.165, 1.54) is 7.11 Å². The van der Waals surface area contributed by atoms with Gasteiger partial charge in [-0.1, -0.05) is 0 Å². The Morgan fingerprint density at radius 1 is 1.83 bits per heavy atom. The summed E-state index contributed by atoms with van der Waals surface area (Å²) in [5.74, 6) is 0. The molecule has 0 bridgehead atoms. The van der Waals surface area contributed by atoms with E-state index in [0.717, 1.165) is 0 Å². The number of carbonyl (C=O) groups is 1. The van der Waals surface area contributed by atoms with Crippen LogP contribution in [0.2, 0.25) is 0 Å². The van der Waals surface area contributed by atoms with Gasteiger partial charge in [-0.25, -0.2) is 0 Å². The first-order valence-corrected chi connectivity index (χ1v) is 1.34. The van der Waals surface area contributed by atoms with E-state index in [1.807, 2.05) is 0 Å². The molecule has 0 radical (unpaired) electrons. The van der Waals surface area contributed by atoms with Crippen LogP contribution in [-0.2, 0) is 9.53 Å². The summed E-state index contributed by atoms with van der Waals surface area (Å²) in [4.78, 5) is 9.28. The molecular weight excluding hydrogens is 84.0 g/mol. The minimum absolute atomic E-state index is 0. The van der Waals surface area contributed by atoms with Gasteiger partial charge in [0.25, 0.3) is 0 Å². The summed E-state index contributed by atoms with van der Waals surface area (Å²) in [6.45, 7) is 0.208. The number of rotatable bonds is 2. The van der Waals surface area contributed by atoms with Crippen molar-refractivity contribution in [2.75, 3.05) is 13.7 Å². The Balaban J connectivity index is 0.